The minimum Gasteiger partial charge on any atom is -0.310 e. The Kier molecular flexibility index (Phi) is 1.91. The predicted molar refractivity (Wildman–Crippen MR) is 75.6 cm³/mol. The Morgan fingerprint density at radius 2 is 1.11 bits per heavy atom. The van der Waals surface area contributed by atoms with E-state index in [-0.39, 0.29) is 0 Å². The van der Waals surface area contributed by atoms with Crippen molar-refractivity contribution in [3.8, 4) is 0 Å². The highest BCUT2D eigenvalue weighted by Crippen LogP contribution is 2.66. The molecule has 7 aliphatic carbocycles. The molecule has 0 saturated heterocycles. The molecule has 19 heavy (non-hydrogen) atoms. The zero-order valence-corrected chi connectivity index (χ0v) is 11.9. The van der Waals surface area contributed by atoms with Gasteiger partial charge in [0.05, 0.1) is 0 Å². The van der Waals surface area contributed by atoms with E-state index in [1.165, 1.54) is 0 Å². The van der Waals surface area contributed by atoms with Gasteiger partial charge in [0, 0.05) is 12.1 Å². The molecule has 1 heteroatoms. The van der Waals surface area contributed by atoms with Crippen molar-refractivity contribution in [1.82, 2.24) is 5.32 Å². The lowest BCUT2D eigenvalue weighted by Crippen LogP contribution is -2.55. The summed E-state index contributed by atoms with van der Waals surface area (Å²) >= 11 is 0. The molecule has 0 spiro atoms. The first-order valence-electron chi connectivity index (χ1n) is 9.13. The lowest BCUT2D eigenvalue weighted by atomic mass is 9.54. The second kappa shape index (κ2) is 3.40. The predicted octanol–water partition coefficient (Wildman–Crippen LogP) is 3.45. The van der Waals surface area contributed by atoms with Gasteiger partial charge in [-0.3, -0.25) is 0 Å². The van der Waals surface area contributed by atoms with E-state index in [1.807, 2.05) is 0 Å². The molecule has 1 nitrogen and oxygen atoms in total. The van der Waals surface area contributed by atoms with Crippen LogP contribution in [0.3, 0.4) is 0 Å². The lowest BCUT2D eigenvalue weighted by molar-refractivity contribution is -0.0157. The van der Waals surface area contributed by atoms with Crippen molar-refractivity contribution < 1.29 is 0 Å². The molecule has 0 radical (unpaired) electrons. The van der Waals surface area contributed by atoms with Gasteiger partial charge in [-0.25, -0.2) is 0 Å². The first kappa shape index (κ1) is 10.7. The number of nitrogens with one attached hydrogen (secondary N) is 1. The van der Waals surface area contributed by atoms with Crippen LogP contribution in [0.25, 0.3) is 0 Å². The van der Waals surface area contributed by atoms with Crippen LogP contribution < -0.4 is 5.32 Å². The number of hydrogen-bond donors (Lipinski definition) is 1. The molecule has 7 aliphatic rings. The molecule has 7 rings (SSSR count). The summed E-state index contributed by atoms with van der Waals surface area (Å²) in [6.07, 6.45) is 12.7. The van der Waals surface area contributed by atoms with E-state index in [4.69, 9.17) is 0 Å². The second-order valence-corrected chi connectivity index (χ2v) is 9.14. The van der Waals surface area contributed by atoms with Crippen LogP contribution in [0.2, 0.25) is 0 Å². The Hall–Kier alpha value is -0.0400. The molecular weight excluding hydrogens is 230 g/mol. The smallest absolute Gasteiger partial charge is 0.0138 e. The minimum atomic E-state index is 0.947. The van der Waals surface area contributed by atoms with Gasteiger partial charge in [0.15, 0.2) is 0 Å². The average molecular weight is 257 g/mol. The Labute approximate surface area is 116 Å². The summed E-state index contributed by atoms with van der Waals surface area (Å²) in [6, 6.07) is 1.93. The number of fused-ring (bicyclic) bond motifs is 5. The van der Waals surface area contributed by atoms with Crippen molar-refractivity contribution in [2.45, 2.75) is 63.5 Å². The molecule has 7 saturated carbocycles. The van der Waals surface area contributed by atoms with Gasteiger partial charge in [0.2, 0.25) is 0 Å². The third kappa shape index (κ3) is 1.32. The fraction of sp³-hybridized carbons (Fsp3) is 1.00. The van der Waals surface area contributed by atoms with Crippen molar-refractivity contribution in [1.29, 1.82) is 0 Å². The number of rotatable bonds is 2. The Morgan fingerprint density at radius 1 is 0.526 bits per heavy atom. The van der Waals surface area contributed by atoms with E-state index in [0.717, 1.165) is 59.4 Å². The molecule has 4 unspecified atom stereocenters. The van der Waals surface area contributed by atoms with Crippen LogP contribution in [-0.4, -0.2) is 12.1 Å². The van der Waals surface area contributed by atoms with Gasteiger partial charge in [-0.2, -0.15) is 0 Å². The Balaban J connectivity index is 1.21. The van der Waals surface area contributed by atoms with Crippen LogP contribution in [0.15, 0.2) is 0 Å². The van der Waals surface area contributed by atoms with Gasteiger partial charge in [0.1, 0.15) is 0 Å². The SMILES string of the molecule is C1C2CC3CC1CC(C2)C3NC1C2C3CCC(C3)C12. The highest BCUT2D eigenvalue weighted by molar-refractivity contribution is 5.18. The maximum atomic E-state index is 4.24. The standard InChI is InChI=1S/C18H27N/c1-2-12-8-11(1)15-16(12)18(15)19-17-13-4-9-3-10(6-13)7-14(17)5-9/h9-19H,1-8H2. The molecule has 104 valence electrons. The topological polar surface area (TPSA) is 12.0 Å². The molecule has 0 aromatic rings. The lowest BCUT2D eigenvalue weighted by Gasteiger charge is -2.55. The second-order valence-electron chi connectivity index (χ2n) is 9.14. The van der Waals surface area contributed by atoms with Crippen molar-refractivity contribution in [2.24, 2.45) is 47.3 Å². The van der Waals surface area contributed by atoms with E-state index >= 15 is 0 Å². The van der Waals surface area contributed by atoms with E-state index < -0.39 is 0 Å². The normalized spacial score (nSPS) is 67.6. The van der Waals surface area contributed by atoms with E-state index in [2.05, 4.69) is 5.32 Å². The van der Waals surface area contributed by atoms with Crippen LogP contribution in [0.4, 0.5) is 0 Å². The van der Waals surface area contributed by atoms with Crippen LogP contribution in [-0.2, 0) is 0 Å². The quantitative estimate of drug-likeness (QED) is 0.799. The molecule has 0 aliphatic heterocycles. The van der Waals surface area contributed by atoms with E-state index in [1.54, 1.807) is 51.4 Å². The summed E-state index contributed by atoms with van der Waals surface area (Å²) in [5.74, 6) is 8.98. The van der Waals surface area contributed by atoms with E-state index in [9.17, 15) is 0 Å². The molecule has 0 amide bonds. The summed E-state index contributed by atoms with van der Waals surface area (Å²) in [6.45, 7) is 0. The molecule has 4 atom stereocenters. The summed E-state index contributed by atoms with van der Waals surface area (Å²) in [5.41, 5.74) is 0. The largest absolute Gasteiger partial charge is 0.310 e. The van der Waals surface area contributed by atoms with Gasteiger partial charge in [-0.1, -0.05) is 0 Å². The average Bonchev–Trinajstić information content (AvgIpc) is 2.78. The first-order valence-corrected chi connectivity index (χ1v) is 9.13. The van der Waals surface area contributed by atoms with Gasteiger partial charge >= 0.3 is 0 Å². The highest BCUT2D eigenvalue weighted by atomic mass is 15.1. The third-order valence-corrected chi connectivity index (χ3v) is 8.35. The third-order valence-electron chi connectivity index (χ3n) is 8.35. The van der Waals surface area contributed by atoms with Crippen LogP contribution in [0.5, 0.6) is 0 Å². The fourth-order valence-electron chi connectivity index (χ4n) is 7.97. The first-order chi connectivity index (χ1) is 9.37. The maximum absolute atomic E-state index is 4.24. The molecule has 0 aromatic heterocycles. The van der Waals surface area contributed by atoms with Crippen molar-refractivity contribution in [3.63, 3.8) is 0 Å². The fourth-order valence-corrected chi connectivity index (χ4v) is 7.97. The van der Waals surface area contributed by atoms with Crippen molar-refractivity contribution in [3.05, 3.63) is 0 Å². The van der Waals surface area contributed by atoms with Gasteiger partial charge in [-0.05, 0) is 98.7 Å². The van der Waals surface area contributed by atoms with Gasteiger partial charge in [-0.15, -0.1) is 0 Å². The minimum absolute atomic E-state index is 0.947. The Morgan fingerprint density at radius 3 is 1.68 bits per heavy atom. The monoisotopic (exact) mass is 257 g/mol. The summed E-state index contributed by atoms with van der Waals surface area (Å²) in [7, 11) is 0. The van der Waals surface area contributed by atoms with Gasteiger partial charge < -0.3 is 5.32 Å². The summed E-state index contributed by atoms with van der Waals surface area (Å²) in [4.78, 5) is 0. The molecule has 0 aromatic carbocycles. The Bertz CT molecular complexity index is 372. The molecule has 7 fully saturated rings. The van der Waals surface area contributed by atoms with E-state index in [0.29, 0.717) is 0 Å². The molecule has 0 heterocycles. The van der Waals surface area contributed by atoms with Crippen LogP contribution >= 0.6 is 0 Å². The van der Waals surface area contributed by atoms with Crippen LogP contribution in [0, 0.1) is 47.3 Å². The maximum Gasteiger partial charge on any atom is 0.0138 e. The zero-order chi connectivity index (χ0) is 12.1. The van der Waals surface area contributed by atoms with Gasteiger partial charge in [0.25, 0.3) is 0 Å². The molecule has 6 bridgehead atoms. The van der Waals surface area contributed by atoms with Crippen LogP contribution in [0.1, 0.15) is 51.4 Å². The van der Waals surface area contributed by atoms with Crippen molar-refractivity contribution >= 4 is 0 Å². The summed E-state index contributed by atoms with van der Waals surface area (Å²) < 4.78 is 0. The van der Waals surface area contributed by atoms with Crippen molar-refractivity contribution in [2.75, 3.05) is 0 Å². The summed E-state index contributed by atoms with van der Waals surface area (Å²) in [5, 5.41) is 4.24. The molecular formula is C18H27N. The number of hydrogen-bond acceptors (Lipinski definition) is 1. The molecule has 1 N–H and O–H groups in total. The zero-order valence-electron chi connectivity index (χ0n) is 11.9. The highest BCUT2D eigenvalue weighted by Gasteiger charge is 2.65.